The number of anilines is 4. The molecule has 0 unspecified atom stereocenters. The summed E-state index contributed by atoms with van der Waals surface area (Å²) in [6, 6.07) is 13.8. The summed E-state index contributed by atoms with van der Waals surface area (Å²) in [7, 11) is 4.02. The average Bonchev–Trinajstić information content (AvgIpc) is 2.55. The highest BCUT2D eigenvalue weighted by Crippen LogP contribution is 2.25. The highest BCUT2D eigenvalue weighted by molar-refractivity contribution is 5.70. The van der Waals surface area contributed by atoms with E-state index in [9.17, 15) is 0 Å². The minimum Gasteiger partial charge on any atom is -0.398 e. The maximum atomic E-state index is 8.89. The minimum atomic E-state index is -1.30. The Morgan fingerprint density at radius 3 is 2.54 bits per heavy atom. The standard InChI is InChI=1S/C18H26N4O2/c1-22(2)17-6-4-3-5-16(17)21-12-13-11-14(7-8-15(13)19)20-10-9-18(23)24/h3-8,11,18,20-21,23-24H,9-10,12,19H2,1-2H3. The van der Waals surface area contributed by atoms with Crippen molar-refractivity contribution in [3.05, 3.63) is 48.0 Å². The van der Waals surface area contributed by atoms with Crippen LogP contribution in [0, 0.1) is 0 Å². The number of rotatable bonds is 8. The molecule has 0 fully saturated rings. The van der Waals surface area contributed by atoms with Crippen LogP contribution in [0.25, 0.3) is 0 Å². The van der Waals surface area contributed by atoms with E-state index in [2.05, 4.69) is 21.6 Å². The largest absolute Gasteiger partial charge is 0.398 e. The number of aliphatic hydroxyl groups excluding tert-OH is 1. The van der Waals surface area contributed by atoms with E-state index >= 15 is 0 Å². The second-order valence-corrected chi connectivity index (χ2v) is 5.87. The molecule has 0 aliphatic rings. The summed E-state index contributed by atoms with van der Waals surface area (Å²) in [5.41, 5.74) is 10.8. The number of para-hydroxylation sites is 2. The van der Waals surface area contributed by atoms with E-state index < -0.39 is 6.29 Å². The SMILES string of the molecule is CN(C)c1ccccc1NCc1cc(NCCC(O)O)ccc1N. The summed E-state index contributed by atoms with van der Waals surface area (Å²) in [6.07, 6.45) is -1.02. The van der Waals surface area contributed by atoms with Crippen molar-refractivity contribution in [1.29, 1.82) is 0 Å². The molecule has 0 aromatic heterocycles. The number of hydrogen-bond donors (Lipinski definition) is 5. The van der Waals surface area contributed by atoms with Gasteiger partial charge in [0.1, 0.15) is 0 Å². The van der Waals surface area contributed by atoms with Crippen LogP contribution < -0.4 is 21.3 Å². The van der Waals surface area contributed by atoms with Gasteiger partial charge in [0.2, 0.25) is 0 Å². The van der Waals surface area contributed by atoms with Crippen LogP contribution in [0.3, 0.4) is 0 Å². The van der Waals surface area contributed by atoms with E-state index in [4.69, 9.17) is 15.9 Å². The lowest BCUT2D eigenvalue weighted by molar-refractivity contribution is -0.0423. The lowest BCUT2D eigenvalue weighted by Crippen LogP contribution is -2.13. The van der Waals surface area contributed by atoms with Gasteiger partial charge in [-0.25, -0.2) is 0 Å². The number of aliphatic hydroxyl groups is 2. The van der Waals surface area contributed by atoms with Crippen LogP contribution in [-0.4, -0.2) is 37.1 Å². The smallest absolute Gasteiger partial charge is 0.153 e. The predicted octanol–water partition coefficient (Wildman–Crippen LogP) is 2.06. The highest BCUT2D eigenvalue weighted by atomic mass is 16.5. The third kappa shape index (κ3) is 5.04. The first kappa shape index (κ1) is 17.9. The molecule has 0 radical (unpaired) electrons. The Morgan fingerprint density at radius 2 is 1.83 bits per heavy atom. The van der Waals surface area contributed by atoms with Gasteiger partial charge in [-0.3, -0.25) is 0 Å². The van der Waals surface area contributed by atoms with E-state index in [-0.39, 0.29) is 6.42 Å². The zero-order valence-electron chi connectivity index (χ0n) is 14.2. The van der Waals surface area contributed by atoms with Crippen LogP contribution in [0.5, 0.6) is 0 Å². The molecule has 0 spiro atoms. The molecule has 0 atom stereocenters. The zero-order chi connectivity index (χ0) is 17.5. The average molecular weight is 330 g/mol. The molecule has 2 rings (SSSR count). The number of nitrogens with two attached hydrogens (primary N) is 1. The van der Waals surface area contributed by atoms with Crippen molar-refractivity contribution in [2.24, 2.45) is 0 Å². The van der Waals surface area contributed by atoms with Gasteiger partial charge in [0.15, 0.2) is 6.29 Å². The Hall–Kier alpha value is -2.44. The molecule has 24 heavy (non-hydrogen) atoms. The summed E-state index contributed by atoms with van der Waals surface area (Å²) in [5.74, 6) is 0. The molecule has 0 saturated carbocycles. The summed E-state index contributed by atoms with van der Waals surface area (Å²) < 4.78 is 0. The first-order valence-electron chi connectivity index (χ1n) is 7.96. The molecular weight excluding hydrogens is 304 g/mol. The Balaban J connectivity index is 2.04. The van der Waals surface area contributed by atoms with Crippen LogP contribution in [0.2, 0.25) is 0 Å². The normalized spacial score (nSPS) is 10.7. The van der Waals surface area contributed by atoms with Crippen molar-refractivity contribution >= 4 is 22.7 Å². The van der Waals surface area contributed by atoms with Gasteiger partial charge in [-0.15, -0.1) is 0 Å². The predicted molar refractivity (Wildman–Crippen MR) is 100 cm³/mol. The summed E-state index contributed by atoms with van der Waals surface area (Å²) >= 11 is 0. The molecule has 130 valence electrons. The first-order valence-corrected chi connectivity index (χ1v) is 7.96. The van der Waals surface area contributed by atoms with Crippen molar-refractivity contribution in [2.75, 3.05) is 41.9 Å². The molecule has 2 aromatic rings. The molecule has 0 aliphatic heterocycles. The van der Waals surface area contributed by atoms with Crippen molar-refractivity contribution < 1.29 is 10.2 Å². The Bertz CT molecular complexity index is 659. The topological polar surface area (TPSA) is 93.8 Å². The van der Waals surface area contributed by atoms with Gasteiger partial charge in [0, 0.05) is 45.0 Å². The molecule has 0 bridgehead atoms. The number of hydrogen-bond acceptors (Lipinski definition) is 6. The number of nitrogens with zero attached hydrogens (tertiary/aromatic N) is 1. The number of nitrogens with one attached hydrogen (secondary N) is 2. The van der Waals surface area contributed by atoms with E-state index in [0.29, 0.717) is 13.1 Å². The van der Waals surface area contributed by atoms with Crippen LogP contribution in [0.15, 0.2) is 42.5 Å². The molecule has 6 heteroatoms. The Morgan fingerprint density at radius 1 is 1.08 bits per heavy atom. The van der Waals surface area contributed by atoms with Crippen LogP contribution in [-0.2, 0) is 6.54 Å². The molecule has 0 heterocycles. The lowest BCUT2D eigenvalue weighted by Gasteiger charge is -2.19. The van der Waals surface area contributed by atoms with E-state index in [1.54, 1.807) is 0 Å². The maximum Gasteiger partial charge on any atom is 0.153 e. The minimum absolute atomic E-state index is 0.272. The zero-order valence-corrected chi connectivity index (χ0v) is 14.2. The molecular formula is C18H26N4O2. The summed E-state index contributed by atoms with van der Waals surface area (Å²) in [5, 5.41) is 24.4. The van der Waals surface area contributed by atoms with Gasteiger partial charge in [0.25, 0.3) is 0 Å². The second kappa shape index (κ2) is 8.42. The van der Waals surface area contributed by atoms with Gasteiger partial charge in [-0.1, -0.05) is 12.1 Å². The van der Waals surface area contributed by atoms with Crippen LogP contribution in [0.4, 0.5) is 22.7 Å². The fourth-order valence-electron chi connectivity index (χ4n) is 2.42. The summed E-state index contributed by atoms with van der Waals surface area (Å²) in [4.78, 5) is 2.06. The van der Waals surface area contributed by atoms with E-state index in [1.165, 1.54) is 0 Å². The Kier molecular flexibility index (Phi) is 6.28. The lowest BCUT2D eigenvalue weighted by atomic mass is 10.1. The van der Waals surface area contributed by atoms with Gasteiger partial charge < -0.3 is 31.5 Å². The fourth-order valence-corrected chi connectivity index (χ4v) is 2.42. The second-order valence-electron chi connectivity index (χ2n) is 5.87. The summed E-state index contributed by atoms with van der Waals surface area (Å²) in [6.45, 7) is 1.09. The maximum absolute atomic E-state index is 8.89. The molecule has 0 saturated heterocycles. The van der Waals surface area contributed by atoms with Crippen molar-refractivity contribution in [2.45, 2.75) is 19.3 Å². The first-order chi connectivity index (χ1) is 11.5. The molecule has 6 N–H and O–H groups in total. The van der Waals surface area contributed by atoms with Crippen LogP contribution in [0.1, 0.15) is 12.0 Å². The third-order valence-electron chi connectivity index (χ3n) is 3.73. The number of nitrogen functional groups attached to an aromatic ring is 1. The van der Waals surface area contributed by atoms with E-state index in [1.807, 2.05) is 50.5 Å². The van der Waals surface area contributed by atoms with Gasteiger partial charge in [-0.05, 0) is 35.9 Å². The molecule has 6 nitrogen and oxygen atoms in total. The Labute approximate surface area is 142 Å². The van der Waals surface area contributed by atoms with Crippen molar-refractivity contribution in [1.82, 2.24) is 0 Å². The number of benzene rings is 2. The van der Waals surface area contributed by atoms with Crippen LogP contribution >= 0.6 is 0 Å². The monoisotopic (exact) mass is 330 g/mol. The van der Waals surface area contributed by atoms with Gasteiger partial charge in [-0.2, -0.15) is 0 Å². The van der Waals surface area contributed by atoms with Crippen molar-refractivity contribution in [3.63, 3.8) is 0 Å². The fraction of sp³-hybridized carbons (Fsp3) is 0.333. The van der Waals surface area contributed by atoms with E-state index in [0.717, 1.165) is 28.3 Å². The molecule has 2 aromatic carbocycles. The third-order valence-corrected chi connectivity index (χ3v) is 3.73. The van der Waals surface area contributed by atoms with Crippen molar-refractivity contribution in [3.8, 4) is 0 Å². The van der Waals surface area contributed by atoms with Gasteiger partial charge >= 0.3 is 0 Å². The molecule has 0 aliphatic carbocycles. The molecule has 0 amide bonds. The quantitative estimate of drug-likeness (QED) is 0.376. The van der Waals surface area contributed by atoms with Gasteiger partial charge in [0.05, 0.1) is 11.4 Å². The highest BCUT2D eigenvalue weighted by Gasteiger charge is 2.06.